The van der Waals surface area contributed by atoms with Gasteiger partial charge in [-0.3, -0.25) is 0 Å². The number of ether oxygens (including phenoxy) is 2. The van der Waals surface area contributed by atoms with Crippen LogP contribution in [0.2, 0.25) is 0 Å². The molecule has 3 nitrogen and oxygen atoms in total. The SMILES string of the molecule is CCCCC(C)Cc1cc(OC)c(O)c(OC)c1. The highest BCUT2D eigenvalue weighted by Crippen LogP contribution is 2.37. The molecule has 1 aromatic rings. The Bertz CT molecular complexity index is 349. The number of hydrogen-bond donors (Lipinski definition) is 1. The highest BCUT2D eigenvalue weighted by molar-refractivity contribution is 5.52. The molecule has 0 bridgehead atoms. The van der Waals surface area contributed by atoms with E-state index in [1.54, 1.807) is 14.2 Å². The molecule has 0 saturated heterocycles. The van der Waals surface area contributed by atoms with Crippen LogP contribution in [0.25, 0.3) is 0 Å². The second kappa shape index (κ2) is 7.14. The van der Waals surface area contributed by atoms with Crippen LogP contribution in [0.15, 0.2) is 12.1 Å². The Morgan fingerprint density at radius 3 is 2.17 bits per heavy atom. The fourth-order valence-corrected chi connectivity index (χ4v) is 2.12. The third kappa shape index (κ3) is 3.83. The van der Waals surface area contributed by atoms with Crippen molar-refractivity contribution in [1.82, 2.24) is 0 Å². The Labute approximate surface area is 110 Å². The van der Waals surface area contributed by atoms with Gasteiger partial charge in [0, 0.05) is 0 Å². The summed E-state index contributed by atoms with van der Waals surface area (Å²) in [5, 5.41) is 9.84. The van der Waals surface area contributed by atoms with Crippen molar-refractivity contribution in [3.8, 4) is 17.2 Å². The summed E-state index contributed by atoms with van der Waals surface area (Å²) in [4.78, 5) is 0. The fourth-order valence-electron chi connectivity index (χ4n) is 2.12. The summed E-state index contributed by atoms with van der Waals surface area (Å²) in [5.74, 6) is 1.66. The summed E-state index contributed by atoms with van der Waals surface area (Å²) in [6, 6.07) is 3.78. The van der Waals surface area contributed by atoms with E-state index in [1.165, 1.54) is 19.3 Å². The third-order valence-electron chi connectivity index (χ3n) is 3.17. The van der Waals surface area contributed by atoms with Crippen molar-refractivity contribution in [3.63, 3.8) is 0 Å². The van der Waals surface area contributed by atoms with Crippen LogP contribution in [-0.4, -0.2) is 19.3 Å². The summed E-state index contributed by atoms with van der Waals surface area (Å²) < 4.78 is 10.3. The standard InChI is InChI=1S/C15H24O3/c1-5-6-7-11(2)8-12-9-13(17-3)15(16)14(10-12)18-4/h9-11,16H,5-8H2,1-4H3. The Hall–Kier alpha value is -1.38. The first-order valence-corrected chi connectivity index (χ1v) is 6.56. The third-order valence-corrected chi connectivity index (χ3v) is 3.17. The summed E-state index contributed by atoms with van der Waals surface area (Å²) in [6.45, 7) is 4.46. The van der Waals surface area contributed by atoms with Gasteiger partial charge in [0.25, 0.3) is 0 Å². The summed E-state index contributed by atoms with van der Waals surface area (Å²) in [5.41, 5.74) is 1.14. The smallest absolute Gasteiger partial charge is 0.200 e. The summed E-state index contributed by atoms with van der Waals surface area (Å²) in [7, 11) is 3.11. The number of benzene rings is 1. The van der Waals surface area contributed by atoms with Crippen molar-refractivity contribution in [1.29, 1.82) is 0 Å². The second-order valence-electron chi connectivity index (χ2n) is 4.80. The minimum atomic E-state index is 0.0740. The van der Waals surface area contributed by atoms with Crippen LogP contribution >= 0.6 is 0 Å². The van der Waals surface area contributed by atoms with E-state index in [4.69, 9.17) is 9.47 Å². The van der Waals surface area contributed by atoms with E-state index in [9.17, 15) is 5.11 Å². The topological polar surface area (TPSA) is 38.7 Å². The predicted molar refractivity (Wildman–Crippen MR) is 73.6 cm³/mol. The Kier molecular flexibility index (Phi) is 5.83. The molecular formula is C15H24O3. The van der Waals surface area contributed by atoms with Gasteiger partial charge in [-0.15, -0.1) is 0 Å². The van der Waals surface area contributed by atoms with Gasteiger partial charge in [0.1, 0.15) is 0 Å². The molecule has 0 fully saturated rings. The van der Waals surface area contributed by atoms with Crippen LogP contribution in [0.5, 0.6) is 17.2 Å². The molecule has 0 aliphatic heterocycles. The number of phenolic OH excluding ortho intramolecular Hbond substituents is 1. The highest BCUT2D eigenvalue weighted by Gasteiger charge is 2.12. The molecule has 0 amide bonds. The first kappa shape index (κ1) is 14.7. The van der Waals surface area contributed by atoms with E-state index in [0.717, 1.165) is 12.0 Å². The first-order valence-electron chi connectivity index (χ1n) is 6.56. The van der Waals surface area contributed by atoms with E-state index in [1.807, 2.05) is 12.1 Å². The van der Waals surface area contributed by atoms with Crippen molar-refractivity contribution in [2.45, 2.75) is 39.5 Å². The number of methoxy groups -OCH3 is 2. The number of phenols is 1. The molecule has 0 aromatic heterocycles. The van der Waals surface area contributed by atoms with Crippen LogP contribution in [0.1, 0.15) is 38.7 Å². The van der Waals surface area contributed by atoms with Gasteiger partial charge in [-0.25, -0.2) is 0 Å². The largest absolute Gasteiger partial charge is 0.502 e. The molecule has 0 saturated carbocycles. The van der Waals surface area contributed by atoms with E-state index < -0.39 is 0 Å². The molecule has 0 spiro atoms. The second-order valence-corrected chi connectivity index (χ2v) is 4.80. The molecule has 18 heavy (non-hydrogen) atoms. The summed E-state index contributed by atoms with van der Waals surface area (Å²) >= 11 is 0. The van der Waals surface area contributed by atoms with Crippen LogP contribution in [0.4, 0.5) is 0 Å². The molecule has 1 rings (SSSR count). The van der Waals surface area contributed by atoms with Crippen molar-refractivity contribution >= 4 is 0 Å². The van der Waals surface area contributed by atoms with Gasteiger partial charge in [0.2, 0.25) is 5.75 Å². The van der Waals surface area contributed by atoms with Crippen LogP contribution in [-0.2, 0) is 6.42 Å². The number of unbranched alkanes of at least 4 members (excludes halogenated alkanes) is 1. The first-order chi connectivity index (χ1) is 8.62. The lowest BCUT2D eigenvalue weighted by Gasteiger charge is -2.14. The average Bonchev–Trinajstić information content (AvgIpc) is 2.38. The number of aromatic hydroxyl groups is 1. The van der Waals surface area contributed by atoms with Crippen molar-refractivity contribution < 1.29 is 14.6 Å². The van der Waals surface area contributed by atoms with Gasteiger partial charge < -0.3 is 14.6 Å². The zero-order valence-electron chi connectivity index (χ0n) is 11.8. The highest BCUT2D eigenvalue weighted by atomic mass is 16.5. The lowest BCUT2D eigenvalue weighted by Crippen LogP contribution is -2.01. The average molecular weight is 252 g/mol. The molecule has 3 heteroatoms. The Morgan fingerprint density at radius 1 is 1.17 bits per heavy atom. The van der Waals surface area contributed by atoms with Crippen LogP contribution < -0.4 is 9.47 Å². The minimum Gasteiger partial charge on any atom is -0.502 e. The van der Waals surface area contributed by atoms with E-state index in [-0.39, 0.29) is 5.75 Å². The maximum absolute atomic E-state index is 9.84. The maximum Gasteiger partial charge on any atom is 0.200 e. The molecule has 1 aromatic carbocycles. The lowest BCUT2D eigenvalue weighted by atomic mass is 9.95. The molecule has 0 heterocycles. The van der Waals surface area contributed by atoms with Gasteiger partial charge in [-0.1, -0.05) is 33.1 Å². The van der Waals surface area contributed by atoms with E-state index in [2.05, 4.69) is 13.8 Å². The molecule has 1 N–H and O–H groups in total. The monoisotopic (exact) mass is 252 g/mol. The van der Waals surface area contributed by atoms with Crippen LogP contribution in [0, 0.1) is 5.92 Å². The Morgan fingerprint density at radius 2 is 1.72 bits per heavy atom. The normalized spacial score (nSPS) is 12.2. The Balaban J connectivity index is 2.82. The minimum absolute atomic E-state index is 0.0740. The molecule has 1 unspecified atom stereocenters. The maximum atomic E-state index is 9.84. The van der Waals surface area contributed by atoms with Gasteiger partial charge in [0.15, 0.2) is 11.5 Å². The van der Waals surface area contributed by atoms with Gasteiger partial charge in [0.05, 0.1) is 14.2 Å². The molecule has 1 atom stereocenters. The zero-order chi connectivity index (χ0) is 13.5. The predicted octanol–water partition coefficient (Wildman–Crippen LogP) is 3.78. The van der Waals surface area contributed by atoms with Gasteiger partial charge >= 0.3 is 0 Å². The molecule has 0 aliphatic rings. The van der Waals surface area contributed by atoms with Gasteiger partial charge in [-0.05, 0) is 30.0 Å². The van der Waals surface area contributed by atoms with E-state index >= 15 is 0 Å². The molecule has 0 radical (unpaired) electrons. The lowest BCUT2D eigenvalue weighted by molar-refractivity contribution is 0.338. The zero-order valence-corrected chi connectivity index (χ0v) is 11.8. The fraction of sp³-hybridized carbons (Fsp3) is 0.600. The molecular weight excluding hydrogens is 228 g/mol. The number of rotatable bonds is 7. The summed E-state index contributed by atoms with van der Waals surface area (Å²) in [6.07, 6.45) is 4.69. The van der Waals surface area contributed by atoms with Crippen LogP contribution in [0.3, 0.4) is 0 Å². The van der Waals surface area contributed by atoms with Crippen molar-refractivity contribution in [2.24, 2.45) is 5.92 Å². The molecule has 0 aliphatic carbocycles. The van der Waals surface area contributed by atoms with Crippen molar-refractivity contribution in [2.75, 3.05) is 14.2 Å². The van der Waals surface area contributed by atoms with Gasteiger partial charge in [-0.2, -0.15) is 0 Å². The molecule has 102 valence electrons. The number of hydrogen-bond acceptors (Lipinski definition) is 3. The quantitative estimate of drug-likeness (QED) is 0.802. The van der Waals surface area contributed by atoms with Crippen molar-refractivity contribution in [3.05, 3.63) is 17.7 Å². The van der Waals surface area contributed by atoms with E-state index in [0.29, 0.717) is 17.4 Å².